The molecule has 7 heteroatoms. The second kappa shape index (κ2) is 9.55. The molecule has 2 radical (unpaired) electrons. The third kappa shape index (κ3) is 5.32. The third-order valence-electron chi connectivity index (χ3n) is 4.29. The van der Waals surface area contributed by atoms with Crippen molar-refractivity contribution >= 4 is 14.0 Å². The molecular weight excluding hydrogens is 345 g/mol. The van der Waals surface area contributed by atoms with Crippen LogP contribution in [-0.2, 0) is 25.4 Å². The molecule has 0 spiro atoms. The van der Waals surface area contributed by atoms with Gasteiger partial charge in [0.25, 0.3) is 0 Å². The first-order valence-electron chi connectivity index (χ1n) is 8.77. The standard InChI is InChI=1S/C20H22BNO5/c1-24-19(23)18(22-21)11-14-7-9-16(10-8-14)27-17-12-25-20(26-13-17)15-5-3-2-4-6-15/h2-10,17-18,20,22H,11-13H2,1H3/t17?,18-,20?/m0/s1. The van der Waals surface area contributed by atoms with Crippen molar-refractivity contribution in [3.8, 4) is 5.75 Å². The van der Waals surface area contributed by atoms with E-state index in [4.69, 9.17) is 26.9 Å². The van der Waals surface area contributed by atoms with Gasteiger partial charge in [-0.15, -0.1) is 0 Å². The Morgan fingerprint density at radius 3 is 2.41 bits per heavy atom. The molecule has 1 saturated heterocycles. The summed E-state index contributed by atoms with van der Waals surface area (Å²) < 4.78 is 22.1. The number of methoxy groups -OCH3 is 1. The van der Waals surface area contributed by atoms with Gasteiger partial charge in [-0.05, 0) is 24.1 Å². The van der Waals surface area contributed by atoms with Gasteiger partial charge in [0, 0.05) is 5.56 Å². The monoisotopic (exact) mass is 367 g/mol. The van der Waals surface area contributed by atoms with Crippen molar-refractivity contribution in [3.63, 3.8) is 0 Å². The molecule has 0 unspecified atom stereocenters. The minimum Gasteiger partial charge on any atom is -0.486 e. The number of hydrogen-bond donors (Lipinski definition) is 1. The molecule has 1 heterocycles. The van der Waals surface area contributed by atoms with Crippen LogP contribution in [0.4, 0.5) is 0 Å². The molecule has 1 atom stereocenters. The average Bonchev–Trinajstić information content (AvgIpc) is 2.74. The van der Waals surface area contributed by atoms with Crippen molar-refractivity contribution in [2.75, 3.05) is 20.3 Å². The number of esters is 1. The van der Waals surface area contributed by atoms with Crippen LogP contribution in [-0.4, -0.2) is 46.4 Å². The van der Waals surface area contributed by atoms with E-state index in [1.807, 2.05) is 54.6 Å². The fourth-order valence-corrected chi connectivity index (χ4v) is 2.84. The minimum absolute atomic E-state index is 0.177. The van der Waals surface area contributed by atoms with Gasteiger partial charge < -0.3 is 24.2 Å². The van der Waals surface area contributed by atoms with Crippen LogP contribution in [0.25, 0.3) is 0 Å². The summed E-state index contributed by atoms with van der Waals surface area (Å²) >= 11 is 0. The molecule has 2 aromatic rings. The second-order valence-corrected chi connectivity index (χ2v) is 6.24. The highest BCUT2D eigenvalue weighted by Crippen LogP contribution is 2.24. The molecule has 6 nitrogen and oxygen atoms in total. The number of carbonyl (C=O) groups is 1. The Balaban J connectivity index is 1.50. The first-order valence-corrected chi connectivity index (χ1v) is 8.77. The molecule has 1 fully saturated rings. The maximum absolute atomic E-state index is 11.6. The molecule has 0 saturated carbocycles. The van der Waals surface area contributed by atoms with Gasteiger partial charge in [0.15, 0.2) is 14.3 Å². The van der Waals surface area contributed by atoms with E-state index in [9.17, 15) is 4.79 Å². The molecule has 0 aliphatic carbocycles. The summed E-state index contributed by atoms with van der Waals surface area (Å²) in [5.74, 6) is 0.312. The smallest absolute Gasteiger partial charge is 0.322 e. The molecule has 2 aromatic carbocycles. The van der Waals surface area contributed by atoms with Crippen molar-refractivity contribution in [1.82, 2.24) is 5.23 Å². The Bertz CT molecular complexity index is 717. The fraction of sp³-hybridized carbons (Fsp3) is 0.350. The van der Waals surface area contributed by atoms with E-state index in [1.165, 1.54) is 7.11 Å². The molecule has 140 valence electrons. The summed E-state index contributed by atoms with van der Waals surface area (Å²) in [6.45, 7) is 0.894. The molecule has 0 bridgehead atoms. The molecule has 0 amide bonds. The van der Waals surface area contributed by atoms with E-state index in [0.717, 1.165) is 11.1 Å². The van der Waals surface area contributed by atoms with Crippen LogP contribution in [0, 0.1) is 0 Å². The van der Waals surface area contributed by atoms with Crippen molar-refractivity contribution < 1.29 is 23.7 Å². The van der Waals surface area contributed by atoms with Crippen LogP contribution in [0.15, 0.2) is 54.6 Å². The van der Waals surface area contributed by atoms with Gasteiger partial charge in [-0.25, -0.2) is 0 Å². The third-order valence-corrected chi connectivity index (χ3v) is 4.29. The van der Waals surface area contributed by atoms with E-state index < -0.39 is 12.0 Å². The van der Waals surface area contributed by atoms with Crippen molar-refractivity contribution in [2.45, 2.75) is 24.9 Å². The number of benzene rings is 2. The molecular formula is C20H22BNO5. The lowest BCUT2D eigenvalue weighted by atomic mass is 10.0. The van der Waals surface area contributed by atoms with Crippen molar-refractivity contribution in [2.24, 2.45) is 0 Å². The van der Waals surface area contributed by atoms with Crippen LogP contribution in [0.5, 0.6) is 5.75 Å². The predicted octanol–water partition coefficient (Wildman–Crippen LogP) is 1.94. The highest BCUT2D eigenvalue weighted by molar-refractivity contribution is 6.06. The summed E-state index contributed by atoms with van der Waals surface area (Å²) in [4.78, 5) is 11.6. The van der Waals surface area contributed by atoms with Crippen molar-refractivity contribution in [1.29, 1.82) is 0 Å². The maximum atomic E-state index is 11.6. The lowest BCUT2D eigenvalue weighted by Gasteiger charge is -2.30. The number of hydrogen-bond acceptors (Lipinski definition) is 6. The first kappa shape index (κ1) is 19.4. The zero-order chi connectivity index (χ0) is 19.1. The molecule has 1 N–H and O–H groups in total. The van der Waals surface area contributed by atoms with Gasteiger partial charge in [0.1, 0.15) is 11.9 Å². The Labute approximate surface area is 160 Å². The fourth-order valence-electron chi connectivity index (χ4n) is 2.84. The molecule has 0 aromatic heterocycles. The van der Waals surface area contributed by atoms with Gasteiger partial charge >= 0.3 is 5.97 Å². The topological polar surface area (TPSA) is 66.0 Å². The molecule has 3 rings (SSSR count). The second-order valence-electron chi connectivity index (χ2n) is 6.24. The summed E-state index contributed by atoms with van der Waals surface area (Å²) in [6, 6.07) is 16.7. The number of carbonyl (C=O) groups excluding carboxylic acids is 1. The average molecular weight is 367 g/mol. The number of ether oxygens (including phenoxy) is 4. The highest BCUT2D eigenvalue weighted by Gasteiger charge is 2.24. The Hall–Kier alpha value is -2.35. The molecule has 1 aliphatic heterocycles. The summed E-state index contributed by atoms with van der Waals surface area (Å²) in [5, 5.41) is 2.46. The lowest BCUT2D eigenvalue weighted by Crippen LogP contribution is -2.37. The van der Waals surface area contributed by atoms with Crippen LogP contribution >= 0.6 is 0 Å². The highest BCUT2D eigenvalue weighted by atomic mass is 16.7. The summed E-state index contributed by atoms with van der Waals surface area (Å²) in [6.07, 6.45) is -0.102. The Morgan fingerprint density at radius 2 is 1.81 bits per heavy atom. The van der Waals surface area contributed by atoms with Crippen molar-refractivity contribution in [3.05, 3.63) is 65.7 Å². The quantitative estimate of drug-likeness (QED) is 0.596. The minimum atomic E-state index is -0.586. The van der Waals surface area contributed by atoms with E-state index in [0.29, 0.717) is 25.4 Å². The number of nitrogens with one attached hydrogen (secondary N) is 1. The summed E-state index contributed by atoms with van der Waals surface area (Å²) in [5.41, 5.74) is 1.94. The van der Waals surface area contributed by atoms with Gasteiger partial charge in [0.2, 0.25) is 0 Å². The van der Waals surface area contributed by atoms with E-state index >= 15 is 0 Å². The van der Waals surface area contributed by atoms with Gasteiger partial charge in [-0.2, -0.15) is 0 Å². The molecule has 27 heavy (non-hydrogen) atoms. The normalized spacial score (nSPS) is 20.6. The van der Waals surface area contributed by atoms with E-state index in [-0.39, 0.29) is 12.4 Å². The predicted molar refractivity (Wildman–Crippen MR) is 100 cm³/mol. The summed E-state index contributed by atoms with van der Waals surface area (Å²) in [7, 11) is 6.73. The Kier molecular flexibility index (Phi) is 6.87. The van der Waals surface area contributed by atoms with Crippen LogP contribution in [0.2, 0.25) is 0 Å². The largest absolute Gasteiger partial charge is 0.486 e. The zero-order valence-electron chi connectivity index (χ0n) is 15.2. The maximum Gasteiger partial charge on any atom is 0.322 e. The zero-order valence-corrected chi connectivity index (χ0v) is 15.2. The van der Waals surface area contributed by atoms with Gasteiger partial charge in [-0.3, -0.25) is 4.79 Å². The van der Waals surface area contributed by atoms with E-state index in [2.05, 4.69) is 5.23 Å². The SMILES string of the molecule is [B]N[C@@H](Cc1ccc(OC2COC(c3ccccc3)OC2)cc1)C(=O)OC. The Morgan fingerprint density at radius 1 is 1.15 bits per heavy atom. The van der Waals surface area contributed by atoms with Crippen LogP contribution in [0.3, 0.4) is 0 Å². The number of rotatable bonds is 7. The van der Waals surface area contributed by atoms with E-state index in [1.54, 1.807) is 0 Å². The first-order chi connectivity index (χ1) is 13.2. The lowest BCUT2D eigenvalue weighted by molar-refractivity contribution is -0.215. The van der Waals surface area contributed by atoms with Gasteiger partial charge in [-0.1, -0.05) is 42.5 Å². The van der Waals surface area contributed by atoms with Crippen LogP contribution < -0.4 is 9.96 Å². The molecule has 1 aliphatic rings. The van der Waals surface area contributed by atoms with Crippen LogP contribution in [0.1, 0.15) is 17.4 Å². The van der Waals surface area contributed by atoms with Gasteiger partial charge in [0.05, 0.1) is 26.4 Å².